The van der Waals surface area contributed by atoms with Crippen LogP contribution >= 0.6 is 0 Å². The van der Waals surface area contributed by atoms with Crippen LogP contribution in [0.4, 0.5) is 14.5 Å². The molecule has 2 aromatic heterocycles. The maximum absolute atomic E-state index is 14.1. The van der Waals surface area contributed by atoms with E-state index >= 15 is 0 Å². The van der Waals surface area contributed by atoms with Gasteiger partial charge in [0.05, 0.1) is 28.9 Å². The van der Waals surface area contributed by atoms with Crippen molar-refractivity contribution in [1.82, 2.24) is 9.78 Å². The van der Waals surface area contributed by atoms with Gasteiger partial charge in [0, 0.05) is 24.4 Å². The van der Waals surface area contributed by atoms with Crippen LogP contribution in [0.15, 0.2) is 45.9 Å². The zero-order valence-corrected chi connectivity index (χ0v) is 18.0. The van der Waals surface area contributed by atoms with Crippen molar-refractivity contribution in [2.75, 3.05) is 5.32 Å². The highest BCUT2D eigenvalue weighted by Crippen LogP contribution is 2.33. The van der Waals surface area contributed by atoms with Crippen molar-refractivity contribution in [1.29, 1.82) is 5.26 Å². The van der Waals surface area contributed by atoms with E-state index in [1.807, 2.05) is 13.0 Å². The first-order valence-electron chi connectivity index (χ1n) is 9.92. The summed E-state index contributed by atoms with van der Waals surface area (Å²) in [6, 6.07) is 7.11. The molecule has 0 radical (unpaired) electrons. The zero-order valence-electron chi connectivity index (χ0n) is 18.0. The molecule has 32 heavy (non-hydrogen) atoms. The molecule has 0 saturated carbocycles. The number of aryl methyl sites for hydroxylation is 2. The van der Waals surface area contributed by atoms with Crippen molar-refractivity contribution >= 4 is 16.7 Å². The van der Waals surface area contributed by atoms with Crippen molar-refractivity contribution in [3.05, 3.63) is 80.8 Å². The first-order chi connectivity index (χ1) is 15.2. The van der Waals surface area contributed by atoms with Crippen LogP contribution < -0.4 is 10.7 Å². The van der Waals surface area contributed by atoms with Gasteiger partial charge in [-0.2, -0.15) is 10.4 Å². The largest absolute Gasteiger partial charge is 0.455 e. The molecule has 4 aromatic rings. The van der Waals surface area contributed by atoms with Crippen LogP contribution in [-0.2, 0) is 7.05 Å². The molecule has 1 atom stereocenters. The molecule has 0 bridgehead atoms. The summed E-state index contributed by atoms with van der Waals surface area (Å²) in [5.41, 5.74) is 2.58. The number of hydrogen-bond acceptors (Lipinski definition) is 5. The monoisotopic (exact) mass is 434 g/mol. The second-order valence-electron chi connectivity index (χ2n) is 7.78. The van der Waals surface area contributed by atoms with Crippen LogP contribution in [0.1, 0.15) is 35.2 Å². The number of hydrogen-bond donors (Lipinski definition) is 1. The maximum atomic E-state index is 14.1. The number of halogens is 2. The molecule has 162 valence electrons. The van der Waals surface area contributed by atoms with Crippen molar-refractivity contribution in [2.45, 2.75) is 26.8 Å². The average Bonchev–Trinajstić information content (AvgIpc) is 3.19. The summed E-state index contributed by atoms with van der Waals surface area (Å²) < 4.78 is 35.5. The van der Waals surface area contributed by atoms with Crippen LogP contribution in [0, 0.1) is 36.8 Å². The summed E-state index contributed by atoms with van der Waals surface area (Å²) in [5.74, 6) is -1.89. The van der Waals surface area contributed by atoms with Gasteiger partial charge >= 0.3 is 0 Å². The molecule has 0 aliphatic rings. The van der Waals surface area contributed by atoms with Gasteiger partial charge in [-0.1, -0.05) is 6.07 Å². The standard InChI is InChI=1S/C24H20F2N4O2/c1-12-7-16(14(3)29-20-6-5-19(25)21(26)18(20)9-27)24-17(8-12)22(31)13(2)23(32-24)15-10-28-30(4)11-15/h5-8,10-11,14,29H,1-4H3/t14-/m1/s1. The normalized spacial score (nSPS) is 12.0. The van der Waals surface area contributed by atoms with E-state index in [2.05, 4.69) is 10.4 Å². The minimum Gasteiger partial charge on any atom is -0.455 e. The quantitative estimate of drug-likeness (QED) is 0.481. The fourth-order valence-electron chi connectivity index (χ4n) is 3.79. The number of nitriles is 1. The maximum Gasteiger partial charge on any atom is 0.196 e. The third-order valence-corrected chi connectivity index (χ3v) is 5.40. The van der Waals surface area contributed by atoms with Gasteiger partial charge in [-0.3, -0.25) is 9.48 Å². The number of fused-ring (bicyclic) bond motifs is 1. The Morgan fingerprint density at radius 3 is 2.66 bits per heavy atom. The highest BCUT2D eigenvalue weighted by Gasteiger charge is 2.21. The van der Waals surface area contributed by atoms with E-state index in [-0.39, 0.29) is 11.1 Å². The lowest BCUT2D eigenvalue weighted by atomic mass is 9.99. The third kappa shape index (κ3) is 3.52. The summed E-state index contributed by atoms with van der Waals surface area (Å²) in [6.45, 7) is 5.36. The van der Waals surface area contributed by atoms with Crippen molar-refractivity contribution < 1.29 is 13.2 Å². The van der Waals surface area contributed by atoms with Gasteiger partial charge < -0.3 is 9.73 Å². The van der Waals surface area contributed by atoms with Gasteiger partial charge in [0.2, 0.25) is 0 Å². The molecule has 0 fully saturated rings. The fraction of sp³-hybridized carbons (Fsp3) is 0.208. The van der Waals surface area contributed by atoms with Crippen molar-refractivity contribution in [3.8, 4) is 17.4 Å². The van der Waals surface area contributed by atoms with Crippen molar-refractivity contribution in [2.24, 2.45) is 7.05 Å². The summed E-state index contributed by atoms with van der Waals surface area (Å²) >= 11 is 0. The molecule has 4 rings (SSSR count). The summed E-state index contributed by atoms with van der Waals surface area (Å²) in [6.07, 6.45) is 3.38. The van der Waals surface area contributed by atoms with Crippen molar-refractivity contribution in [3.63, 3.8) is 0 Å². The Bertz CT molecular complexity index is 1460. The summed E-state index contributed by atoms with van der Waals surface area (Å²) in [5, 5.41) is 16.9. The van der Waals surface area contributed by atoms with E-state index in [1.165, 1.54) is 6.07 Å². The lowest BCUT2D eigenvalue weighted by Gasteiger charge is -2.19. The van der Waals surface area contributed by atoms with Gasteiger partial charge in [-0.15, -0.1) is 0 Å². The van der Waals surface area contributed by atoms with E-state index in [0.717, 1.165) is 11.6 Å². The van der Waals surface area contributed by atoms with Crippen LogP contribution in [0.25, 0.3) is 22.3 Å². The Morgan fingerprint density at radius 2 is 2.00 bits per heavy atom. The molecular weight excluding hydrogens is 414 g/mol. The molecular formula is C24H20F2N4O2. The number of benzene rings is 2. The van der Waals surface area contributed by atoms with Crippen LogP contribution in [0.5, 0.6) is 0 Å². The predicted octanol–water partition coefficient (Wildman–Crippen LogP) is 5.13. The number of nitrogens with zero attached hydrogens (tertiary/aromatic N) is 3. The Balaban J connectivity index is 1.89. The van der Waals surface area contributed by atoms with E-state index in [9.17, 15) is 18.8 Å². The van der Waals surface area contributed by atoms with Gasteiger partial charge in [-0.05, 0) is 44.5 Å². The molecule has 0 spiro atoms. The molecule has 2 aromatic carbocycles. The van der Waals surface area contributed by atoms with Crippen LogP contribution in [0.3, 0.4) is 0 Å². The van der Waals surface area contributed by atoms with Gasteiger partial charge in [0.15, 0.2) is 17.1 Å². The van der Waals surface area contributed by atoms with Gasteiger partial charge in [0.1, 0.15) is 23.0 Å². The molecule has 2 heterocycles. The van der Waals surface area contributed by atoms with E-state index in [0.29, 0.717) is 33.4 Å². The molecule has 0 aliphatic heterocycles. The minimum absolute atomic E-state index is 0.149. The SMILES string of the molecule is Cc1cc([C@@H](C)Nc2ccc(F)c(F)c2C#N)c2oc(-c3cnn(C)c3)c(C)c(=O)c2c1. The van der Waals surface area contributed by atoms with E-state index < -0.39 is 23.2 Å². The number of nitrogens with one attached hydrogen (secondary N) is 1. The topological polar surface area (TPSA) is 83.8 Å². The highest BCUT2D eigenvalue weighted by atomic mass is 19.2. The minimum atomic E-state index is -1.21. The molecule has 8 heteroatoms. The molecule has 0 amide bonds. The first kappa shape index (κ1) is 21.2. The second kappa shape index (κ2) is 7.93. The lowest BCUT2D eigenvalue weighted by Crippen LogP contribution is -2.13. The van der Waals surface area contributed by atoms with E-state index in [1.54, 1.807) is 50.1 Å². The molecule has 0 saturated heterocycles. The predicted molar refractivity (Wildman–Crippen MR) is 117 cm³/mol. The number of aromatic nitrogens is 2. The van der Waals surface area contributed by atoms with E-state index in [4.69, 9.17) is 4.42 Å². The lowest BCUT2D eigenvalue weighted by molar-refractivity contribution is 0.506. The fourth-order valence-corrected chi connectivity index (χ4v) is 3.79. The summed E-state index contributed by atoms with van der Waals surface area (Å²) in [4.78, 5) is 13.2. The summed E-state index contributed by atoms with van der Waals surface area (Å²) in [7, 11) is 1.77. The number of anilines is 1. The molecule has 6 nitrogen and oxygen atoms in total. The molecule has 1 N–H and O–H groups in total. The third-order valence-electron chi connectivity index (χ3n) is 5.40. The Kier molecular flexibility index (Phi) is 5.26. The molecule has 0 aliphatic carbocycles. The van der Waals surface area contributed by atoms with Crippen LogP contribution in [-0.4, -0.2) is 9.78 Å². The Hall–Kier alpha value is -3.99. The zero-order chi connectivity index (χ0) is 23.2. The Labute approximate surface area is 182 Å². The second-order valence-corrected chi connectivity index (χ2v) is 7.78. The average molecular weight is 434 g/mol. The highest BCUT2D eigenvalue weighted by molar-refractivity contribution is 5.84. The smallest absolute Gasteiger partial charge is 0.196 e. The number of rotatable bonds is 4. The first-order valence-corrected chi connectivity index (χ1v) is 9.92. The van der Waals surface area contributed by atoms with Crippen LogP contribution in [0.2, 0.25) is 0 Å². The van der Waals surface area contributed by atoms with Gasteiger partial charge in [0.25, 0.3) is 0 Å². The molecule has 0 unspecified atom stereocenters. The van der Waals surface area contributed by atoms with Gasteiger partial charge in [-0.25, -0.2) is 8.78 Å². The Morgan fingerprint density at radius 1 is 1.25 bits per heavy atom.